The second-order valence-electron chi connectivity index (χ2n) is 3.67. The molecule has 0 aromatic carbocycles. The molecule has 0 unspecified atom stereocenters. The molecule has 1 aliphatic rings. The quantitative estimate of drug-likeness (QED) is 0.716. The predicted molar refractivity (Wildman–Crippen MR) is 57.7 cm³/mol. The van der Waals surface area contributed by atoms with Gasteiger partial charge in [0.1, 0.15) is 5.82 Å². The van der Waals surface area contributed by atoms with Gasteiger partial charge in [-0.15, -0.1) is 0 Å². The first kappa shape index (κ1) is 9.71. The van der Waals surface area contributed by atoms with E-state index in [2.05, 4.69) is 21.8 Å². The second-order valence-corrected chi connectivity index (χ2v) is 4.00. The summed E-state index contributed by atoms with van der Waals surface area (Å²) in [5, 5.41) is 0.330. The van der Waals surface area contributed by atoms with E-state index in [-0.39, 0.29) is 0 Å². The Morgan fingerprint density at radius 2 is 2.36 bits per heavy atom. The Bertz CT molecular complexity index is 312. The van der Waals surface area contributed by atoms with Gasteiger partial charge in [0.05, 0.1) is 0 Å². The van der Waals surface area contributed by atoms with Crippen molar-refractivity contribution >= 4 is 17.4 Å². The third kappa shape index (κ3) is 2.35. The van der Waals surface area contributed by atoms with Gasteiger partial charge in [0.25, 0.3) is 0 Å². The summed E-state index contributed by atoms with van der Waals surface area (Å²) in [7, 11) is 0. The molecule has 0 radical (unpaired) electrons. The predicted octanol–water partition coefficient (Wildman–Crippen LogP) is 2.37. The lowest BCUT2D eigenvalue weighted by Crippen LogP contribution is -2.26. The van der Waals surface area contributed by atoms with Crippen LogP contribution >= 0.6 is 11.6 Å². The minimum Gasteiger partial charge on any atom is -0.356 e. The van der Waals surface area contributed by atoms with Gasteiger partial charge in [-0.05, 0) is 43.4 Å². The molecule has 0 bridgehead atoms. The van der Waals surface area contributed by atoms with E-state index in [1.54, 1.807) is 6.20 Å². The summed E-state index contributed by atoms with van der Waals surface area (Å²) in [6, 6.07) is 1.91. The normalized spacial score (nSPS) is 15.6. The minimum absolute atomic E-state index is 0.330. The molecule has 0 aliphatic heterocycles. The Kier molecular flexibility index (Phi) is 2.87. The lowest BCUT2D eigenvalue weighted by atomic mass is 10.3. The number of hydrogen-bond acceptors (Lipinski definition) is 3. The number of aromatic nitrogens is 2. The van der Waals surface area contributed by atoms with Crippen molar-refractivity contribution in [1.29, 1.82) is 0 Å². The summed E-state index contributed by atoms with van der Waals surface area (Å²) in [6.45, 7) is 4.21. The number of nitrogens with zero attached hydrogens (tertiary/aromatic N) is 3. The molecule has 1 aromatic rings. The van der Waals surface area contributed by atoms with E-state index < -0.39 is 0 Å². The Hall–Kier alpha value is -0.830. The zero-order valence-electron chi connectivity index (χ0n) is 8.28. The van der Waals surface area contributed by atoms with E-state index >= 15 is 0 Å². The molecule has 0 atom stereocenters. The van der Waals surface area contributed by atoms with Gasteiger partial charge in [-0.1, -0.05) is 0 Å². The number of rotatable bonds is 4. The third-order valence-electron chi connectivity index (χ3n) is 2.49. The summed E-state index contributed by atoms with van der Waals surface area (Å²) in [5.41, 5.74) is 0. The number of halogens is 1. The molecule has 4 heteroatoms. The van der Waals surface area contributed by atoms with Crippen LogP contribution in [0.5, 0.6) is 0 Å². The van der Waals surface area contributed by atoms with Crippen LogP contribution in [-0.2, 0) is 0 Å². The number of hydrogen-bond donors (Lipinski definition) is 0. The van der Waals surface area contributed by atoms with Gasteiger partial charge in [0.2, 0.25) is 5.28 Å². The molecule has 1 fully saturated rings. The van der Waals surface area contributed by atoms with Crippen molar-refractivity contribution in [3.63, 3.8) is 0 Å². The fourth-order valence-electron chi connectivity index (χ4n) is 1.50. The van der Waals surface area contributed by atoms with Crippen molar-refractivity contribution in [2.45, 2.75) is 19.8 Å². The average molecular weight is 212 g/mol. The van der Waals surface area contributed by atoms with Gasteiger partial charge in [-0.2, -0.15) is 0 Å². The Morgan fingerprint density at radius 1 is 1.57 bits per heavy atom. The van der Waals surface area contributed by atoms with E-state index in [4.69, 9.17) is 11.6 Å². The van der Waals surface area contributed by atoms with Crippen LogP contribution in [0.3, 0.4) is 0 Å². The van der Waals surface area contributed by atoms with Crippen LogP contribution in [0.15, 0.2) is 12.3 Å². The fraction of sp³-hybridized carbons (Fsp3) is 0.600. The molecule has 3 nitrogen and oxygen atoms in total. The van der Waals surface area contributed by atoms with E-state index in [0.717, 1.165) is 24.8 Å². The lowest BCUT2D eigenvalue weighted by molar-refractivity contribution is 0.730. The van der Waals surface area contributed by atoms with Crippen molar-refractivity contribution in [2.75, 3.05) is 18.0 Å². The summed E-state index contributed by atoms with van der Waals surface area (Å²) in [4.78, 5) is 10.3. The van der Waals surface area contributed by atoms with Gasteiger partial charge >= 0.3 is 0 Å². The molecule has 0 N–H and O–H groups in total. The molecule has 1 aliphatic carbocycles. The molecule has 0 amide bonds. The van der Waals surface area contributed by atoms with Crippen molar-refractivity contribution < 1.29 is 0 Å². The second kappa shape index (κ2) is 4.13. The van der Waals surface area contributed by atoms with Crippen LogP contribution < -0.4 is 4.90 Å². The van der Waals surface area contributed by atoms with Crippen molar-refractivity contribution in [1.82, 2.24) is 9.97 Å². The maximum absolute atomic E-state index is 5.75. The van der Waals surface area contributed by atoms with Crippen LogP contribution in [0.4, 0.5) is 5.82 Å². The third-order valence-corrected chi connectivity index (χ3v) is 2.67. The fourth-order valence-corrected chi connectivity index (χ4v) is 1.64. The van der Waals surface area contributed by atoms with Crippen LogP contribution in [0.25, 0.3) is 0 Å². The highest BCUT2D eigenvalue weighted by Crippen LogP contribution is 2.30. The molecule has 76 valence electrons. The first-order chi connectivity index (χ1) is 6.79. The Labute approximate surface area is 89.1 Å². The van der Waals surface area contributed by atoms with Crippen LogP contribution in [0.1, 0.15) is 19.8 Å². The lowest BCUT2D eigenvalue weighted by Gasteiger charge is -2.21. The summed E-state index contributed by atoms with van der Waals surface area (Å²) in [6.07, 6.45) is 4.42. The molecule has 1 saturated carbocycles. The van der Waals surface area contributed by atoms with Crippen LogP contribution in [0, 0.1) is 5.92 Å². The summed E-state index contributed by atoms with van der Waals surface area (Å²) in [5.74, 6) is 1.81. The molecule has 2 rings (SSSR count). The van der Waals surface area contributed by atoms with Crippen LogP contribution in [0.2, 0.25) is 5.28 Å². The highest BCUT2D eigenvalue weighted by Gasteiger charge is 2.24. The van der Waals surface area contributed by atoms with E-state index in [0.29, 0.717) is 5.28 Å². The topological polar surface area (TPSA) is 29.0 Å². The van der Waals surface area contributed by atoms with E-state index in [1.807, 2.05) is 6.07 Å². The zero-order chi connectivity index (χ0) is 9.97. The standard InChI is InChI=1S/C10H14ClN3/c1-2-14(7-8-3-4-8)9-5-6-12-10(11)13-9/h5-6,8H,2-4,7H2,1H3. The Morgan fingerprint density at radius 3 is 2.93 bits per heavy atom. The molecular weight excluding hydrogens is 198 g/mol. The van der Waals surface area contributed by atoms with Crippen molar-refractivity contribution in [3.05, 3.63) is 17.5 Å². The van der Waals surface area contributed by atoms with Crippen molar-refractivity contribution in [3.8, 4) is 0 Å². The molecular formula is C10H14ClN3. The number of anilines is 1. The SMILES string of the molecule is CCN(CC1CC1)c1ccnc(Cl)n1. The van der Waals surface area contributed by atoms with Crippen LogP contribution in [-0.4, -0.2) is 23.1 Å². The van der Waals surface area contributed by atoms with E-state index in [9.17, 15) is 0 Å². The highest BCUT2D eigenvalue weighted by atomic mass is 35.5. The van der Waals surface area contributed by atoms with Gasteiger partial charge < -0.3 is 4.90 Å². The molecule has 0 spiro atoms. The maximum Gasteiger partial charge on any atom is 0.224 e. The molecule has 1 aromatic heterocycles. The molecule has 1 heterocycles. The van der Waals surface area contributed by atoms with Gasteiger partial charge in [0, 0.05) is 19.3 Å². The highest BCUT2D eigenvalue weighted by molar-refractivity contribution is 6.28. The Balaban J connectivity index is 2.08. The van der Waals surface area contributed by atoms with Gasteiger partial charge in [-0.3, -0.25) is 0 Å². The molecule has 0 saturated heterocycles. The maximum atomic E-state index is 5.75. The smallest absolute Gasteiger partial charge is 0.224 e. The summed E-state index contributed by atoms with van der Waals surface area (Å²) < 4.78 is 0. The van der Waals surface area contributed by atoms with Gasteiger partial charge in [0.15, 0.2) is 0 Å². The zero-order valence-corrected chi connectivity index (χ0v) is 9.04. The largest absolute Gasteiger partial charge is 0.356 e. The summed E-state index contributed by atoms with van der Waals surface area (Å²) >= 11 is 5.75. The first-order valence-electron chi connectivity index (χ1n) is 5.03. The van der Waals surface area contributed by atoms with Crippen molar-refractivity contribution in [2.24, 2.45) is 5.92 Å². The average Bonchev–Trinajstić information content (AvgIpc) is 2.98. The van der Waals surface area contributed by atoms with Gasteiger partial charge in [-0.25, -0.2) is 9.97 Å². The minimum atomic E-state index is 0.330. The molecule has 14 heavy (non-hydrogen) atoms. The first-order valence-corrected chi connectivity index (χ1v) is 5.41. The van der Waals surface area contributed by atoms with E-state index in [1.165, 1.54) is 12.8 Å². The monoisotopic (exact) mass is 211 g/mol.